The zero-order valence-electron chi connectivity index (χ0n) is 15.4. The third-order valence-corrected chi connectivity index (χ3v) is 6.54. The van der Waals surface area contributed by atoms with Gasteiger partial charge in [-0.05, 0) is 30.3 Å². The number of nitrogens with zero attached hydrogens (tertiary/aromatic N) is 1. The van der Waals surface area contributed by atoms with Gasteiger partial charge in [0.05, 0.1) is 38.2 Å². The quantitative estimate of drug-likeness (QED) is 0.794. The van der Waals surface area contributed by atoms with Gasteiger partial charge >= 0.3 is 0 Å². The molecule has 1 saturated heterocycles. The number of anilines is 1. The summed E-state index contributed by atoms with van der Waals surface area (Å²) in [6.07, 6.45) is 0. The van der Waals surface area contributed by atoms with Crippen molar-refractivity contribution in [3.63, 3.8) is 0 Å². The number of sulfonamides is 1. The summed E-state index contributed by atoms with van der Waals surface area (Å²) in [5.74, 6) is 0.624. The van der Waals surface area contributed by atoms with E-state index in [9.17, 15) is 13.2 Å². The Balaban J connectivity index is 1.70. The molecule has 144 valence electrons. The summed E-state index contributed by atoms with van der Waals surface area (Å²) >= 11 is 0. The average molecular weight is 390 g/mol. The molecular weight excluding hydrogens is 366 g/mol. The lowest BCUT2D eigenvalue weighted by atomic mass is 10.2. The summed E-state index contributed by atoms with van der Waals surface area (Å²) < 4.78 is 32.7. The Hall–Kier alpha value is -2.42. The van der Waals surface area contributed by atoms with Gasteiger partial charge in [-0.2, -0.15) is 4.31 Å². The first-order valence-electron chi connectivity index (χ1n) is 8.77. The molecule has 2 aromatic carbocycles. The number of piperazine rings is 1. The van der Waals surface area contributed by atoms with Gasteiger partial charge in [0.15, 0.2) is 11.4 Å². The van der Waals surface area contributed by atoms with Crippen LogP contribution in [0.2, 0.25) is 0 Å². The molecule has 0 atom stereocenters. The van der Waals surface area contributed by atoms with E-state index in [2.05, 4.69) is 5.32 Å². The molecule has 0 aliphatic carbocycles. The van der Waals surface area contributed by atoms with Crippen LogP contribution in [0.15, 0.2) is 53.4 Å². The highest BCUT2D eigenvalue weighted by molar-refractivity contribution is 7.89. The molecule has 1 fully saturated rings. The minimum atomic E-state index is -3.55. The number of amides is 1. The van der Waals surface area contributed by atoms with E-state index in [0.717, 1.165) is 11.4 Å². The fraction of sp³-hybridized carbons (Fsp3) is 0.316. The maximum atomic E-state index is 12.9. The van der Waals surface area contributed by atoms with Crippen molar-refractivity contribution in [1.82, 2.24) is 4.31 Å². The summed E-state index contributed by atoms with van der Waals surface area (Å²) in [6.45, 7) is 3.62. The first kappa shape index (κ1) is 19.3. The average Bonchev–Trinajstić information content (AvgIpc) is 2.68. The van der Waals surface area contributed by atoms with E-state index in [1.165, 1.54) is 28.3 Å². The Bertz CT molecular complexity index is 905. The van der Waals surface area contributed by atoms with Gasteiger partial charge in [-0.25, -0.2) is 8.42 Å². The molecule has 27 heavy (non-hydrogen) atoms. The Morgan fingerprint density at radius 2 is 1.70 bits per heavy atom. The van der Waals surface area contributed by atoms with Crippen molar-refractivity contribution in [2.24, 2.45) is 0 Å². The van der Waals surface area contributed by atoms with E-state index in [-0.39, 0.29) is 10.8 Å². The monoisotopic (exact) mass is 390 g/mol. The predicted octanol–water partition coefficient (Wildman–Crippen LogP) is 0.874. The van der Waals surface area contributed by atoms with E-state index in [1.54, 1.807) is 19.2 Å². The first-order valence-corrected chi connectivity index (χ1v) is 10.2. The summed E-state index contributed by atoms with van der Waals surface area (Å²) in [7, 11) is -1.91. The second-order valence-corrected chi connectivity index (χ2v) is 8.35. The highest BCUT2D eigenvalue weighted by atomic mass is 32.2. The van der Waals surface area contributed by atoms with Crippen LogP contribution < -0.4 is 15.0 Å². The van der Waals surface area contributed by atoms with E-state index in [1.807, 2.05) is 24.3 Å². The third kappa shape index (κ3) is 4.29. The van der Waals surface area contributed by atoms with Gasteiger partial charge in [0, 0.05) is 18.7 Å². The van der Waals surface area contributed by atoms with Crippen LogP contribution in [0.1, 0.15) is 6.92 Å². The molecular formula is C19H24N3O4S+. The van der Waals surface area contributed by atoms with Crippen LogP contribution in [0.25, 0.3) is 0 Å². The Morgan fingerprint density at radius 1 is 1.07 bits per heavy atom. The normalized spacial score (nSPS) is 16.1. The van der Waals surface area contributed by atoms with Crippen LogP contribution in [-0.4, -0.2) is 51.9 Å². The van der Waals surface area contributed by atoms with Crippen molar-refractivity contribution in [2.75, 3.05) is 38.6 Å². The number of ether oxygens (including phenoxy) is 1. The van der Waals surface area contributed by atoms with Crippen LogP contribution in [0.4, 0.5) is 11.4 Å². The van der Waals surface area contributed by atoms with Gasteiger partial charge in [-0.1, -0.05) is 12.1 Å². The van der Waals surface area contributed by atoms with Crippen molar-refractivity contribution in [1.29, 1.82) is 0 Å². The fourth-order valence-electron chi connectivity index (χ4n) is 3.27. The number of nitrogens with one attached hydrogen (secondary N) is 2. The molecule has 0 saturated carbocycles. The second-order valence-electron chi connectivity index (χ2n) is 6.41. The van der Waals surface area contributed by atoms with Crippen molar-refractivity contribution in [2.45, 2.75) is 11.8 Å². The number of methoxy groups -OCH3 is 1. The molecule has 1 amide bonds. The highest BCUT2D eigenvalue weighted by Crippen LogP contribution is 2.21. The van der Waals surface area contributed by atoms with Crippen molar-refractivity contribution in [3.05, 3.63) is 48.5 Å². The van der Waals surface area contributed by atoms with Crippen LogP contribution in [0.3, 0.4) is 0 Å². The van der Waals surface area contributed by atoms with Gasteiger partial charge in [0.25, 0.3) is 0 Å². The molecule has 0 bridgehead atoms. The fourth-order valence-corrected chi connectivity index (χ4v) is 4.71. The zero-order valence-corrected chi connectivity index (χ0v) is 16.3. The smallest absolute Gasteiger partial charge is 0.243 e. The molecule has 0 radical (unpaired) electrons. The molecule has 0 spiro atoms. The van der Waals surface area contributed by atoms with Crippen molar-refractivity contribution < 1.29 is 22.8 Å². The van der Waals surface area contributed by atoms with Crippen LogP contribution >= 0.6 is 0 Å². The zero-order chi connectivity index (χ0) is 19.4. The molecule has 1 aliphatic heterocycles. The molecule has 0 unspecified atom stereocenters. The largest absolute Gasteiger partial charge is 0.491 e. The number of hydrogen-bond donors (Lipinski definition) is 2. The third-order valence-electron chi connectivity index (χ3n) is 4.63. The van der Waals surface area contributed by atoms with Gasteiger partial charge in [-0.15, -0.1) is 0 Å². The Kier molecular flexibility index (Phi) is 5.79. The number of rotatable bonds is 5. The lowest BCUT2D eigenvalue weighted by Gasteiger charge is -2.31. The van der Waals surface area contributed by atoms with Crippen molar-refractivity contribution in [3.8, 4) is 5.75 Å². The summed E-state index contributed by atoms with van der Waals surface area (Å²) in [4.78, 5) is 12.5. The maximum absolute atomic E-state index is 12.9. The highest BCUT2D eigenvalue weighted by Gasteiger charge is 2.32. The maximum Gasteiger partial charge on any atom is 0.243 e. The molecule has 3 rings (SSSR count). The standard InChI is InChI=1S/C19H23N3O4S/c1-15(23)20-16-7-9-17(10-8-16)27(24,25)22-13-11-21(12-14-22)18-5-3-4-6-19(18)26-2/h3-10H,11-14H2,1-2H3,(H,20,23)/p+1. The van der Waals surface area contributed by atoms with Crippen LogP contribution in [0.5, 0.6) is 5.75 Å². The molecule has 1 heterocycles. The SMILES string of the molecule is COc1ccccc1[NH+]1CCN(S(=O)(=O)c2ccc(NC(C)=O)cc2)CC1. The topological polar surface area (TPSA) is 80.2 Å². The molecule has 2 N–H and O–H groups in total. The first-order chi connectivity index (χ1) is 12.9. The lowest BCUT2D eigenvalue weighted by molar-refractivity contribution is -0.837. The van der Waals surface area contributed by atoms with E-state index >= 15 is 0 Å². The van der Waals surface area contributed by atoms with Crippen LogP contribution in [-0.2, 0) is 14.8 Å². The molecule has 1 aliphatic rings. The summed E-state index contributed by atoms with van der Waals surface area (Å²) in [6, 6.07) is 14.1. The summed E-state index contributed by atoms with van der Waals surface area (Å²) in [5.41, 5.74) is 1.63. The van der Waals surface area contributed by atoms with Gasteiger partial charge in [0.1, 0.15) is 0 Å². The molecule has 2 aromatic rings. The second kappa shape index (κ2) is 8.08. The number of para-hydroxylation sites is 2. The predicted molar refractivity (Wildman–Crippen MR) is 103 cm³/mol. The van der Waals surface area contributed by atoms with Gasteiger partial charge in [-0.3, -0.25) is 9.69 Å². The van der Waals surface area contributed by atoms with Crippen molar-refractivity contribution >= 4 is 27.3 Å². The molecule has 0 aromatic heterocycles. The molecule has 7 nitrogen and oxygen atoms in total. The van der Waals surface area contributed by atoms with Gasteiger partial charge in [0.2, 0.25) is 15.9 Å². The van der Waals surface area contributed by atoms with E-state index < -0.39 is 10.0 Å². The van der Waals surface area contributed by atoms with E-state index in [4.69, 9.17) is 4.74 Å². The minimum Gasteiger partial charge on any atom is -0.491 e. The number of quaternary nitrogens is 1. The Morgan fingerprint density at radius 3 is 2.30 bits per heavy atom. The number of hydrogen-bond acceptors (Lipinski definition) is 4. The number of carbonyl (C=O) groups excluding carboxylic acids is 1. The number of carbonyl (C=O) groups is 1. The lowest BCUT2D eigenvalue weighted by Crippen LogP contribution is -3.10. The molecule has 8 heteroatoms. The number of benzene rings is 2. The van der Waals surface area contributed by atoms with Crippen LogP contribution in [0, 0.1) is 0 Å². The Labute approximate surface area is 159 Å². The van der Waals surface area contributed by atoms with Gasteiger partial charge < -0.3 is 10.1 Å². The minimum absolute atomic E-state index is 0.193. The summed E-state index contributed by atoms with van der Waals surface area (Å²) in [5, 5.41) is 2.64. The van der Waals surface area contributed by atoms with E-state index in [0.29, 0.717) is 31.9 Å².